The predicted molar refractivity (Wildman–Crippen MR) is 132 cm³/mol. The molecule has 2 aromatic rings. The molecule has 2 aliphatic heterocycles. The minimum Gasteiger partial charge on any atom is -0.337 e. The number of nitrogens with zero attached hydrogens (tertiary/aromatic N) is 1. The van der Waals surface area contributed by atoms with Crippen molar-refractivity contribution in [3.8, 4) is 0 Å². The van der Waals surface area contributed by atoms with Crippen molar-refractivity contribution in [2.75, 3.05) is 11.1 Å². The molecular weight excluding hydrogens is 507 g/mol. The third-order valence-corrected chi connectivity index (χ3v) is 9.06. The van der Waals surface area contributed by atoms with Gasteiger partial charge in [0.05, 0.1) is 10.6 Å². The van der Waals surface area contributed by atoms with Gasteiger partial charge in [-0.1, -0.05) is 0 Å². The summed E-state index contributed by atoms with van der Waals surface area (Å²) in [6.07, 6.45) is 2.63. The van der Waals surface area contributed by atoms with Gasteiger partial charge >= 0.3 is 0 Å². The van der Waals surface area contributed by atoms with Crippen LogP contribution in [0.4, 0.5) is 18.9 Å². The number of rotatable bonds is 8. The monoisotopic (exact) mass is 537 g/mol. The van der Waals surface area contributed by atoms with E-state index < -0.39 is 33.3 Å². The largest absolute Gasteiger partial charge is 0.337 e. The van der Waals surface area contributed by atoms with Crippen molar-refractivity contribution in [2.45, 2.75) is 68.5 Å². The molecule has 200 valence electrons. The summed E-state index contributed by atoms with van der Waals surface area (Å²) in [5.41, 5.74) is 6.84. The van der Waals surface area contributed by atoms with Crippen LogP contribution in [-0.4, -0.2) is 49.0 Å². The lowest BCUT2D eigenvalue weighted by Crippen LogP contribution is -2.50. The first-order valence-corrected chi connectivity index (χ1v) is 13.9. The van der Waals surface area contributed by atoms with Crippen LogP contribution in [0.2, 0.25) is 0 Å². The molecular formula is C26H30F3N3O4S. The molecule has 4 rings (SSSR count). The normalized spacial score (nSPS) is 22.1. The molecule has 2 amide bonds. The lowest BCUT2D eigenvalue weighted by atomic mass is 9.82. The zero-order valence-electron chi connectivity index (χ0n) is 20.4. The smallest absolute Gasteiger partial charge is 0.224 e. The number of fused-ring (bicyclic) bond motifs is 2. The van der Waals surface area contributed by atoms with Crippen LogP contribution in [0, 0.1) is 23.4 Å². The van der Waals surface area contributed by atoms with Gasteiger partial charge in [0.1, 0.15) is 5.82 Å². The van der Waals surface area contributed by atoms with Gasteiger partial charge in [-0.2, -0.15) is 0 Å². The molecule has 0 aromatic heterocycles. The topological polar surface area (TPSA) is 110 Å². The van der Waals surface area contributed by atoms with Gasteiger partial charge in [-0.25, -0.2) is 21.6 Å². The second-order valence-electron chi connectivity index (χ2n) is 9.92. The first-order chi connectivity index (χ1) is 17.4. The molecule has 0 saturated carbocycles. The van der Waals surface area contributed by atoms with Crippen molar-refractivity contribution in [2.24, 2.45) is 11.7 Å². The fourth-order valence-corrected chi connectivity index (χ4v) is 6.76. The number of anilines is 1. The summed E-state index contributed by atoms with van der Waals surface area (Å²) in [5, 5.41) is 2.57. The lowest BCUT2D eigenvalue weighted by molar-refractivity contribution is -0.136. The number of carbonyl (C=O) groups excluding carboxylic acids is 2. The number of benzene rings is 2. The van der Waals surface area contributed by atoms with Crippen LogP contribution in [0.3, 0.4) is 0 Å². The quantitative estimate of drug-likeness (QED) is 0.501. The van der Waals surface area contributed by atoms with Gasteiger partial charge in [0.15, 0.2) is 21.5 Å². The Hall–Kier alpha value is -2.92. The van der Waals surface area contributed by atoms with Crippen molar-refractivity contribution in [3.63, 3.8) is 0 Å². The number of halogens is 3. The second-order valence-corrected chi connectivity index (χ2v) is 12.0. The van der Waals surface area contributed by atoms with Crippen LogP contribution in [0.25, 0.3) is 0 Å². The minimum atomic E-state index is -3.70. The molecule has 0 radical (unpaired) electrons. The Morgan fingerprint density at radius 1 is 1.03 bits per heavy atom. The van der Waals surface area contributed by atoms with E-state index in [-0.39, 0.29) is 58.9 Å². The number of nitrogens with two attached hydrogens (primary N) is 1. The Morgan fingerprint density at radius 3 is 2.22 bits per heavy atom. The summed E-state index contributed by atoms with van der Waals surface area (Å²) < 4.78 is 66.4. The molecule has 2 fully saturated rings. The number of nitrogens with one attached hydrogen (secondary N) is 1. The number of hydrogen-bond acceptors (Lipinski definition) is 5. The fourth-order valence-electron chi connectivity index (χ4n) is 5.53. The summed E-state index contributed by atoms with van der Waals surface area (Å²) >= 11 is 0. The Bertz CT molecular complexity index is 1270. The Balaban J connectivity index is 1.34. The first-order valence-electron chi connectivity index (χ1n) is 12.2. The highest BCUT2D eigenvalue weighted by Gasteiger charge is 2.44. The average molecular weight is 538 g/mol. The summed E-state index contributed by atoms with van der Waals surface area (Å²) in [6.45, 7) is 1.35. The second kappa shape index (κ2) is 10.8. The number of hydrogen-bond donors (Lipinski definition) is 2. The maximum Gasteiger partial charge on any atom is 0.224 e. The van der Waals surface area contributed by atoms with Crippen LogP contribution in [0.5, 0.6) is 0 Å². The third-order valence-electron chi connectivity index (χ3n) is 7.33. The molecule has 7 nitrogen and oxygen atoms in total. The number of sulfone groups is 1. The summed E-state index contributed by atoms with van der Waals surface area (Å²) in [5.74, 6) is -4.07. The van der Waals surface area contributed by atoms with Gasteiger partial charge in [0.2, 0.25) is 11.8 Å². The van der Waals surface area contributed by atoms with E-state index in [1.807, 2.05) is 0 Å². The van der Waals surface area contributed by atoms with Crippen molar-refractivity contribution in [3.05, 3.63) is 59.4 Å². The Kier molecular flexibility index (Phi) is 7.94. The highest BCUT2D eigenvalue weighted by Crippen LogP contribution is 2.40. The molecule has 2 aromatic carbocycles. The fraction of sp³-hybridized carbons (Fsp3) is 0.462. The van der Waals surface area contributed by atoms with E-state index in [9.17, 15) is 31.2 Å². The molecule has 0 spiro atoms. The Morgan fingerprint density at radius 2 is 1.62 bits per heavy atom. The van der Waals surface area contributed by atoms with Crippen LogP contribution < -0.4 is 11.1 Å². The van der Waals surface area contributed by atoms with E-state index >= 15 is 0 Å². The molecule has 2 saturated heterocycles. The Labute approximate surface area is 214 Å². The highest BCUT2D eigenvalue weighted by molar-refractivity contribution is 7.91. The van der Waals surface area contributed by atoms with Gasteiger partial charge in [-0.3, -0.25) is 9.59 Å². The van der Waals surface area contributed by atoms with Gasteiger partial charge < -0.3 is 16.0 Å². The molecule has 11 heteroatoms. The highest BCUT2D eigenvalue weighted by atomic mass is 32.2. The molecule has 2 bridgehead atoms. The van der Waals surface area contributed by atoms with Gasteiger partial charge in [0, 0.05) is 43.2 Å². The molecule has 1 unspecified atom stereocenters. The average Bonchev–Trinajstić information content (AvgIpc) is 3.10. The number of amides is 2. The maximum absolute atomic E-state index is 14.1. The van der Waals surface area contributed by atoms with E-state index in [0.29, 0.717) is 24.6 Å². The number of piperidine rings is 1. The first kappa shape index (κ1) is 27.1. The van der Waals surface area contributed by atoms with E-state index in [2.05, 4.69) is 5.32 Å². The molecule has 3 N–H and O–H groups in total. The van der Waals surface area contributed by atoms with E-state index in [1.165, 1.54) is 31.2 Å². The van der Waals surface area contributed by atoms with Gasteiger partial charge in [0.25, 0.3) is 0 Å². The van der Waals surface area contributed by atoms with Crippen molar-refractivity contribution in [1.29, 1.82) is 0 Å². The minimum absolute atomic E-state index is 0.0209. The summed E-state index contributed by atoms with van der Waals surface area (Å²) in [6, 6.07) is 6.50. The van der Waals surface area contributed by atoms with E-state index in [0.717, 1.165) is 18.9 Å². The number of carbonyl (C=O) groups is 2. The zero-order chi connectivity index (χ0) is 26.9. The summed E-state index contributed by atoms with van der Waals surface area (Å²) in [7, 11) is -3.70. The lowest BCUT2D eigenvalue weighted by Gasteiger charge is -2.41. The van der Waals surface area contributed by atoms with Crippen molar-refractivity contribution < 1.29 is 31.2 Å². The van der Waals surface area contributed by atoms with Crippen LogP contribution >= 0.6 is 0 Å². The maximum atomic E-state index is 14.1. The van der Waals surface area contributed by atoms with E-state index in [1.54, 1.807) is 4.90 Å². The molecule has 0 aliphatic carbocycles. The molecule has 37 heavy (non-hydrogen) atoms. The third kappa shape index (κ3) is 6.15. The van der Waals surface area contributed by atoms with Gasteiger partial charge in [-0.15, -0.1) is 0 Å². The zero-order valence-corrected chi connectivity index (χ0v) is 21.2. The predicted octanol–water partition coefficient (Wildman–Crippen LogP) is 3.57. The molecule has 2 aliphatic rings. The summed E-state index contributed by atoms with van der Waals surface area (Å²) in [4.78, 5) is 26.0. The van der Waals surface area contributed by atoms with Crippen molar-refractivity contribution >= 4 is 27.3 Å². The molecule has 2 heterocycles. The van der Waals surface area contributed by atoms with Crippen LogP contribution in [0.1, 0.15) is 44.6 Å². The standard InChI is InChI=1S/C26H30F3N3O4S/c1-15(33)31-18-2-6-21(7-3-18)37(35,36)9-8-26(34)32-19-4-5-20(32)11-17(10-19)25(30)13-16-12-23(28)24(29)14-22(16)27/h2-3,6-7,12,14,17,19-20,25H,4-5,8-11,13,30H2,1H3,(H,31,33)/t17-,19-,20+,25?. The van der Waals surface area contributed by atoms with Gasteiger partial charge in [-0.05, 0) is 73.9 Å². The van der Waals surface area contributed by atoms with E-state index in [4.69, 9.17) is 5.73 Å². The SMILES string of the molecule is CC(=O)Nc1ccc(S(=O)(=O)CCC(=O)N2[C@@H]3CC[C@H]2C[C@H](C(N)Cc2cc(F)c(F)cc2F)C3)cc1. The molecule has 4 atom stereocenters. The van der Waals surface area contributed by atoms with Crippen LogP contribution in [-0.2, 0) is 25.8 Å². The van der Waals surface area contributed by atoms with Crippen LogP contribution in [0.15, 0.2) is 41.3 Å². The van der Waals surface area contributed by atoms with Crippen molar-refractivity contribution in [1.82, 2.24) is 4.90 Å².